The highest BCUT2D eigenvalue weighted by Gasteiger charge is 2.38. The largest absolute Gasteiger partial charge is 0.457 e. The summed E-state index contributed by atoms with van der Waals surface area (Å²) in [5, 5.41) is -0.372. The number of halogens is 1. The molecule has 0 aliphatic carbocycles. The van der Waals surface area contributed by atoms with E-state index in [2.05, 4.69) is 0 Å². The van der Waals surface area contributed by atoms with Gasteiger partial charge in [-0.05, 0) is 36.4 Å². The maximum Gasteiger partial charge on any atom is 0.189 e. The molecule has 1 aliphatic rings. The lowest BCUT2D eigenvalue weighted by Crippen LogP contribution is -2.19. The third kappa shape index (κ3) is 2.39. The summed E-state index contributed by atoms with van der Waals surface area (Å²) >= 11 is 6.11. The molecule has 0 saturated heterocycles. The van der Waals surface area contributed by atoms with Crippen LogP contribution in [0.3, 0.4) is 0 Å². The second kappa shape index (κ2) is 5.65. The molecule has 1 atom stereocenters. The molecule has 1 unspecified atom stereocenters. The van der Waals surface area contributed by atoms with Crippen LogP contribution >= 0.6 is 11.6 Å². The number of benzene rings is 3. The summed E-state index contributed by atoms with van der Waals surface area (Å²) in [4.78, 5) is 0.276. The molecule has 0 spiro atoms. The first-order valence-electron chi connectivity index (χ1n) is 7.42. The van der Waals surface area contributed by atoms with Crippen molar-refractivity contribution < 1.29 is 13.2 Å². The Balaban J connectivity index is 2.00. The summed E-state index contributed by atoms with van der Waals surface area (Å²) in [5.74, 6) is 1.07. The molecule has 1 heterocycles. The summed E-state index contributed by atoms with van der Waals surface area (Å²) in [5.41, 5.74) is 1.18. The van der Waals surface area contributed by atoms with Crippen LogP contribution in [0.2, 0.25) is 5.02 Å². The first-order valence-corrected chi connectivity index (χ1v) is 9.35. The number of rotatable bonds is 2. The smallest absolute Gasteiger partial charge is 0.189 e. The third-order valence-corrected chi connectivity index (χ3v) is 6.35. The fraction of sp³-hybridized carbons (Fsp3) is 0.0526. The zero-order valence-corrected chi connectivity index (χ0v) is 14.1. The molecule has 3 nitrogen and oxygen atoms in total. The second-order valence-corrected chi connectivity index (χ2v) is 8.03. The van der Waals surface area contributed by atoms with E-state index in [4.69, 9.17) is 16.3 Å². The van der Waals surface area contributed by atoms with Gasteiger partial charge in [0.15, 0.2) is 9.84 Å². The van der Waals surface area contributed by atoms with Gasteiger partial charge in [-0.1, -0.05) is 48.0 Å². The van der Waals surface area contributed by atoms with Crippen LogP contribution in [0.15, 0.2) is 77.7 Å². The van der Waals surface area contributed by atoms with Gasteiger partial charge in [0.2, 0.25) is 0 Å². The predicted octanol–water partition coefficient (Wildman–Crippen LogP) is 5.01. The molecule has 4 rings (SSSR count). The number of hydrogen-bond donors (Lipinski definition) is 0. The van der Waals surface area contributed by atoms with Crippen molar-refractivity contribution in [3.05, 3.63) is 88.9 Å². The van der Waals surface area contributed by atoms with Crippen LogP contribution in [0.25, 0.3) is 0 Å². The first kappa shape index (κ1) is 15.2. The van der Waals surface area contributed by atoms with Gasteiger partial charge in [-0.25, -0.2) is 8.42 Å². The lowest BCUT2D eigenvalue weighted by Gasteiger charge is -2.28. The Hall–Kier alpha value is -2.30. The number of hydrogen-bond acceptors (Lipinski definition) is 3. The zero-order chi connectivity index (χ0) is 16.7. The Morgan fingerprint density at radius 1 is 0.792 bits per heavy atom. The molecule has 24 heavy (non-hydrogen) atoms. The van der Waals surface area contributed by atoms with Crippen molar-refractivity contribution >= 4 is 21.4 Å². The van der Waals surface area contributed by atoms with E-state index >= 15 is 0 Å². The fourth-order valence-electron chi connectivity index (χ4n) is 2.97. The normalized spacial score (nSPS) is 16.0. The molecule has 0 bridgehead atoms. The zero-order valence-electron chi connectivity index (χ0n) is 12.5. The SMILES string of the molecule is O=S(=O)(c1ccccc1)C1c2ccccc2Oc2ccc(Cl)cc21. The van der Waals surface area contributed by atoms with Crippen molar-refractivity contribution in [2.24, 2.45) is 0 Å². The Morgan fingerprint density at radius 3 is 2.25 bits per heavy atom. The van der Waals surface area contributed by atoms with Crippen LogP contribution in [0.1, 0.15) is 16.4 Å². The van der Waals surface area contributed by atoms with Crippen molar-refractivity contribution in [3.63, 3.8) is 0 Å². The number of ether oxygens (including phenoxy) is 1. The lowest BCUT2D eigenvalue weighted by molar-refractivity contribution is 0.455. The standard InChI is InChI=1S/C19H13ClO3S/c20-13-10-11-18-16(12-13)19(15-8-4-5-9-17(15)23-18)24(21,22)14-6-2-1-3-7-14/h1-12,19H. The fourth-order valence-corrected chi connectivity index (χ4v) is 5.01. The molecule has 120 valence electrons. The summed E-state index contributed by atoms with van der Waals surface area (Å²) in [6, 6.07) is 20.7. The van der Waals surface area contributed by atoms with Crippen LogP contribution in [0.4, 0.5) is 0 Å². The van der Waals surface area contributed by atoms with Gasteiger partial charge in [-0.3, -0.25) is 0 Å². The van der Waals surface area contributed by atoms with Crippen LogP contribution in [0, 0.1) is 0 Å². The second-order valence-electron chi connectivity index (χ2n) is 5.56. The van der Waals surface area contributed by atoms with Gasteiger partial charge in [-0.2, -0.15) is 0 Å². The van der Waals surface area contributed by atoms with Gasteiger partial charge in [0, 0.05) is 16.1 Å². The molecule has 3 aromatic carbocycles. The van der Waals surface area contributed by atoms with Crippen molar-refractivity contribution in [1.82, 2.24) is 0 Å². The van der Waals surface area contributed by atoms with Crippen LogP contribution in [0.5, 0.6) is 11.5 Å². The van der Waals surface area contributed by atoms with E-state index in [9.17, 15) is 8.42 Å². The highest BCUT2D eigenvalue weighted by atomic mass is 35.5. The molecular formula is C19H13ClO3S. The molecule has 0 radical (unpaired) electrons. The summed E-state index contributed by atoms with van der Waals surface area (Å²) in [7, 11) is -3.64. The lowest BCUT2D eigenvalue weighted by atomic mass is 10.00. The monoisotopic (exact) mass is 356 g/mol. The number of sulfone groups is 1. The molecule has 0 N–H and O–H groups in total. The van der Waals surface area contributed by atoms with E-state index in [1.165, 1.54) is 0 Å². The van der Waals surface area contributed by atoms with Gasteiger partial charge < -0.3 is 4.74 Å². The molecule has 1 aliphatic heterocycles. The molecular weight excluding hydrogens is 344 g/mol. The van der Waals surface area contributed by atoms with Gasteiger partial charge >= 0.3 is 0 Å². The quantitative estimate of drug-likeness (QED) is 0.648. The Kier molecular flexibility index (Phi) is 3.59. The van der Waals surface area contributed by atoms with E-state index in [-0.39, 0.29) is 4.90 Å². The van der Waals surface area contributed by atoms with E-state index in [0.717, 1.165) is 0 Å². The Labute approximate surface area is 145 Å². The third-order valence-electron chi connectivity index (χ3n) is 4.06. The van der Waals surface area contributed by atoms with Crippen molar-refractivity contribution in [3.8, 4) is 11.5 Å². The number of fused-ring (bicyclic) bond motifs is 2. The summed E-state index contributed by atoms with van der Waals surface area (Å²) in [6.45, 7) is 0. The van der Waals surface area contributed by atoms with Crippen molar-refractivity contribution in [2.45, 2.75) is 10.1 Å². The molecule has 0 amide bonds. The van der Waals surface area contributed by atoms with Crippen LogP contribution in [-0.2, 0) is 9.84 Å². The van der Waals surface area contributed by atoms with Crippen molar-refractivity contribution in [2.75, 3.05) is 0 Å². The van der Waals surface area contributed by atoms with E-state index in [0.29, 0.717) is 27.6 Å². The molecule has 0 fully saturated rings. The molecule has 0 saturated carbocycles. The van der Waals surface area contributed by atoms with E-state index in [1.54, 1.807) is 60.7 Å². The van der Waals surface area contributed by atoms with Crippen LogP contribution in [-0.4, -0.2) is 8.42 Å². The minimum absolute atomic E-state index is 0.276. The minimum atomic E-state index is -3.64. The summed E-state index contributed by atoms with van der Waals surface area (Å²) < 4.78 is 32.5. The van der Waals surface area contributed by atoms with Crippen molar-refractivity contribution in [1.29, 1.82) is 0 Å². The van der Waals surface area contributed by atoms with Gasteiger partial charge in [-0.15, -0.1) is 0 Å². The molecule has 3 aromatic rings. The highest BCUT2D eigenvalue weighted by molar-refractivity contribution is 7.92. The average Bonchev–Trinajstić information content (AvgIpc) is 2.60. The van der Waals surface area contributed by atoms with Gasteiger partial charge in [0.1, 0.15) is 16.7 Å². The highest BCUT2D eigenvalue weighted by Crippen LogP contribution is 2.48. The maximum atomic E-state index is 13.3. The average molecular weight is 357 g/mol. The Morgan fingerprint density at radius 2 is 1.46 bits per heavy atom. The van der Waals surface area contributed by atoms with E-state index < -0.39 is 15.1 Å². The van der Waals surface area contributed by atoms with Gasteiger partial charge in [0.05, 0.1) is 4.90 Å². The van der Waals surface area contributed by atoms with Crippen LogP contribution < -0.4 is 4.74 Å². The Bertz CT molecular complexity index is 1010. The maximum absolute atomic E-state index is 13.3. The predicted molar refractivity (Wildman–Crippen MR) is 93.4 cm³/mol. The molecule has 5 heteroatoms. The topological polar surface area (TPSA) is 43.4 Å². The molecule has 0 aromatic heterocycles. The number of para-hydroxylation sites is 1. The first-order chi connectivity index (χ1) is 11.6. The van der Waals surface area contributed by atoms with Gasteiger partial charge in [0.25, 0.3) is 0 Å². The summed E-state index contributed by atoms with van der Waals surface area (Å²) in [6.07, 6.45) is 0. The van der Waals surface area contributed by atoms with E-state index in [1.807, 2.05) is 12.1 Å². The minimum Gasteiger partial charge on any atom is -0.457 e.